The fraction of sp³-hybridized carbons (Fsp3) is 0.0833. The summed E-state index contributed by atoms with van der Waals surface area (Å²) in [5.74, 6) is -0.445. The van der Waals surface area contributed by atoms with Gasteiger partial charge >= 0.3 is 0 Å². The summed E-state index contributed by atoms with van der Waals surface area (Å²) in [7, 11) is 0. The van der Waals surface area contributed by atoms with E-state index < -0.39 is 12.1 Å². The molecule has 1 aliphatic rings. The second kappa shape index (κ2) is 8.02. The first-order valence-electron chi connectivity index (χ1n) is 9.85. The Morgan fingerprint density at radius 1 is 0.968 bits per heavy atom. The van der Waals surface area contributed by atoms with Gasteiger partial charge in [0, 0.05) is 27.5 Å². The SMILES string of the molecule is O=C1c2ccccc2N[C@H](c2cn(Cc3ccc(Br)cc3)nc2-c2ccccc2)N1O. The summed E-state index contributed by atoms with van der Waals surface area (Å²) in [6.07, 6.45) is 1.13. The van der Waals surface area contributed by atoms with Gasteiger partial charge in [-0.25, -0.2) is 0 Å². The van der Waals surface area contributed by atoms with Crippen molar-refractivity contribution in [2.24, 2.45) is 0 Å². The maximum atomic E-state index is 12.8. The first kappa shape index (κ1) is 19.5. The molecule has 0 unspecified atom stereocenters. The summed E-state index contributed by atoms with van der Waals surface area (Å²) in [5.41, 5.74) is 4.55. The molecule has 0 bridgehead atoms. The lowest BCUT2D eigenvalue weighted by Crippen LogP contribution is -2.40. The molecule has 31 heavy (non-hydrogen) atoms. The zero-order valence-corrected chi connectivity index (χ0v) is 18.0. The van der Waals surface area contributed by atoms with Crippen molar-refractivity contribution in [1.29, 1.82) is 0 Å². The Kier molecular flexibility index (Phi) is 5.05. The quantitative estimate of drug-likeness (QED) is 0.392. The van der Waals surface area contributed by atoms with E-state index in [-0.39, 0.29) is 0 Å². The number of amides is 1. The number of aromatic nitrogens is 2. The molecule has 0 spiro atoms. The van der Waals surface area contributed by atoms with Gasteiger partial charge in [-0.15, -0.1) is 0 Å². The van der Waals surface area contributed by atoms with Crippen LogP contribution in [-0.4, -0.2) is 26.0 Å². The van der Waals surface area contributed by atoms with Crippen LogP contribution in [0.3, 0.4) is 0 Å². The van der Waals surface area contributed by atoms with Gasteiger partial charge in [-0.1, -0.05) is 70.5 Å². The molecule has 1 aliphatic heterocycles. The minimum absolute atomic E-state index is 0.435. The van der Waals surface area contributed by atoms with Gasteiger partial charge < -0.3 is 5.32 Å². The van der Waals surface area contributed by atoms with Crippen molar-refractivity contribution in [2.75, 3.05) is 5.32 Å². The Hall–Kier alpha value is -3.42. The molecule has 0 saturated carbocycles. The van der Waals surface area contributed by atoms with Crippen LogP contribution in [0.5, 0.6) is 0 Å². The standard InChI is InChI=1S/C24H19BrN4O2/c25-18-12-10-16(11-13-18)14-28-15-20(22(27-28)17-6-2-1-3-7-17)23-26-21-9-5-4-8-19(21)24(30)29(23)31/h1-13,15,23,26,31H,14H2/t23-/m0/s1. The van der Waals surface area contributed by atoms with E-state index in [2.05, 4.69) is 21.2 Å². The molecular formula is C24H19BrN4O2. The van der Waals surface area contributed by atoms with Crippen molar-refractivity contribution in [3.05, 3.63) is 106 Å². The number of hydrogen-bond acceptors (Lipinski definition) is 4. The number of hydroxylamine groups is 2. The number of carbonyl (C=O) groups excluding carboxylic acids is 1. The second-order valence-electron chi connectivity index (χ2n) is 7.37. The molecule has 0 fully saturated rings. The molecule has 5 rings (SSSR count). The summed E-state index contributed by atoms with van der Waals surface area (Å²) in [6, 6.07) is 25.0. The molecule has 2 N–H and O–H groups in total. The number of nitrogens with zero attached hydrogens (tertiary/aromatic N) is 3. The maximum Gasteiger partial charge on any atom is 0.281 e. The van der Waals surface area contributed by atoms with Crippen LogP contribution in [0.15, 0.2) is 89.5 Å². The Balaban J connectivity index is 1.58. The summed E-state index contributed by atoms with van der Waals surface area (Å²) in [4.78, 5) is 12.8. The third-order valence-corrected chi connectivity index (χ3v) is 5.82. The van der Waals surface area contributed by atoms with Crippen molar-refractivity contribution in [1.82, 2.24) is 14.8 Å². The average molecular weight is 475 g/mol. The molecule has 0 saturated heterocycles. The fourth-order valence-corrected chi connectivity index (χ4v) is 4.03. The first-order valence-corrected chi connectivity index (χ1v) is 10.6. The number of nitrogens with one attached hydrogen (secondary N) is 1. The Bertz CT molecular complexity index is 1240. The van der Waals surface area contributed by atoms with E-state index >= 15 is 0 Å². The first-order chi connectivity index (χ1) is 15.1. The van der Waals surface area contributed by atoms with Crippen molar-refractivity contribution >= 4 is 27.5 Å². The molecule has 3 aromatic carbocycles. The molecule has 2 heterocycles. The summed E-state index contributed by atoms with van der Waals surface area (Å²) >= 11 is 3.46. The molecule has 6 nitrogen and oxygen atoms in total. The number of para-hydroxylation sites is 1. The molecule has 4 aromatic rings. The highest BCUT2D eigenvalue weighted by Crippen LogP contribution is 2.36. The highest BCUT2D eigenvalue weighted by Gasteiger charge is 2.34. The smallest absolute Gasteiger partial charge is 0.281 e. The minimum Gasteiger partial charge on any atom is -0.359 e. The van der Waals surface area contributed by atoms with Gasteiger partial charge in [0.05, 0.1) is 17.8 Å². The Morgan fingerprint density at radius 2 is 1.68 bits per heavy atom. The molecule has 1 atom stereocenters. The number of benzene rings is 3. The van der Waals surface area contributed by atoms with Crippen LogP contribution in [0.2, 0.25) is 0 Å². The number of fused-ring (bicyclic) bond motifs is 1. The van der Waals surface area contributed by atoms with E-state index in [0.29, 0.717) is 29.1 Å². The van der Waals surface area contributed by atoms with Crippen LogP contribution in [0, 0.1) is 0 Å². The fourth-order valence-electron chi connectivity index (χ4n) is 3.77. The van der Waals surface area contributed by atoms with Gasteiger partial charge in [0.1, 0.15) is 0 Å². The van der Waals surface area contributed by atoms with Crippen molar-refractivity contribution in [3.8, 4) is 11.3 Å². The number of rotatable bonds is 4. The molecule has 1 aromatic heterocycles. The Labute approximate surface area is 187 Å². The van der Waals surface area contributed by atoms with Crippen molar-refractivity contribution < 1.29 is 10.0 Å². The van der Waals surface area contributed by atoms with Gasteiger partial charge in [0.25, 0.3) is 5.91 Å². The van der Waals surface area contributed by atoms with Crippen LogP contribution in [0.25, 0.3) is 11.3 Å². The molecular weight excluding hydrogens is 456 g/mol. The third kappa shape index (κ3) is 3.73. The molecule has 0 aliphatic carbocycles. The lowest BCUT2D eigenvalue weighted by atomic mass is 10.0. The summed E-state index contributed by atoms with van der Waals surface area (Å²) < 4.78 is 2.85. The number of carbonyl (C=O) groups is 1. The van der Waals surface area contributed by atoms with Gasteiger partial charge in [-0.3, -0.25) is 14.7 Å². The van der Waals surface area contributed by atoms with Crippen LogP contribution in [0.4, 0.5) is 5.69 Å². The highest BCUT2D eigenvalue weighted by atomic mass is 79.9. The lowest BCUT2D eigenvalue weighted by molar-refractivity contribution is -0.0850. The normalized spacial score (nSPS) is 15.5. The Morgan fingerprint density at radius 3 is 2.45 bits per heavy atom. The van der Waals surface area contributed by atoms with Gasteiger partial charge in [0.2, 0.25) is 0 Å². The number of hydrogen-bond donors (Lipinski definition) is 2. The predicted molar refractivity (Wildman–Crippen MR) is 122 cm³/mol. The summed E-state index contributed by atoms with van der Waals surface area (Å²) in [5, 5.41) is 19.6. The maximum absolute atomic E-state index is 12.8. The van der Waals surface area contributed by atoms with Crippen LogP contribution in [0.1, 0.15) is 27.7 Å². The van der Waals surface area contributed by atoms with Crippen molar-refractivity contribution in [2.45, 2.75) is 12.7 Å². The zero-order chi connectivity index (χ0) is 21.4. The van der Waals surface area contributed by atoms with E-state index in [0.717, 1.165) is 20.7 Å². The van der Waals surface area contributed by atoms with Gasteiger partial charge in [0.15, 0.2) is 6.17 Å². The number of anilines is 1. The van der Waals surface area contributed by atoms with E-state index in [1.54, 1.807) is 12.1 Å². The topological polar surface area (TPSA) is 70.4 Å². The zero-order valence-electron chi connectivity index (χ0n) is 16.4. The van der Waals surface area contributed by atoms with Crippen LogP contribution in [-0.2, 0) is 6.54 Å². The largest absolute Gasteiger partial charge is 0.359 e. The minimum atomic E-state index is -0.753. The van der Waals surface area contributed by atoms with Gasteiger partial charge in [-0.05, 0) is 29.8 Å². The monoisotopic (exact) mass is 474 g/mol. The van der Waals surface area contributed by atoms with E-state index in [4.69, 9.17) is 5.10 Å². The molecule has 1 amide bonds. The molecule has 154 valence electrons. The van der Waals surface area contributed by atoms with E-state index in [9.17, 15) is 10.0 Å². The predicted octanol–water partition coefficient (Wildman–Crippen LogP) is 5.32. The van der Waals surface area contributed by atoms with E-state index in [1.165, 1.54) is 0 Å². The highest BCUT2D eigenvalue weighted by molar-refractivity contribution is 9.10. The van der Waals surface area contributed by atoms with E-state index in [1.807, 2.05) is 77.6 Å². The molecule has 0 radical (unpaired) electrons. The van der Waals surface area contributed by atoms with Crippen molar-refractivity contribution in [3.63, 3.8) is 0 Å². The molecule has 7 heteroatoms. The van der Waals surface area contributed by atoms with Crippen LogP contribution >= 0.6 is 15.9 Å². The summed E-state index contributed by atoms with van der Waals surface area (Å²) in [6.45, 7) is 0.565. The number of halogens is 1. The van der Waals surface area contributed by atoms with Gasteiger partial charge in [-0.2, -0.15) is 10.2 Å². The lowest BCUT2D eigenvalue weighted by Gasteiger charge is -2.33. The van der Waals surface area contributed by atoms with Crippen LogP contribution < -0.4 is 5.32 Å². The second-order valence-corrected chi connectivity index (χ2v) is 8.28. The average Bonchev–Trinajstić information content (AvgIpc) is 3.22. The third-order valence-electron chi connectivity index (χ3n) is 5.29.